The van der Waals surface area contributed by atoms with Crippen LogP contribution in [0.3, 0.4) is 0 Å². The number of hydrogen-bond acceptors (Lipinski definition) is 3. The number of nitrogens with one attached hydrogen (secondary N) is 1. The summed E-state index contributed by atoms with van der Waals surface area (Å²) in [6.07, 6.45) is 3.51. The number of hydrogen-bond donors (Lipinski definition) is 2. The van der Waals surface area contributed by atoms with Crippen LogP contribution in [0, 0.1) is 0 Å². The zero-order chi connectivity index (χ0) is 14.6. The highest BCUT2D eigenvalue weighted by molar-refractivity contribution is 5.75. The quantitative estimate of drug-likeness (QED) is 0.804. The standard InChI is InChI=1S/C16H23NO3/c1-12(15(18)19)14-6-4-13(5-7-14)10-17-11-16(20-2)8-3-9-16/h4-7,12,17H,3,8-11H2,1-2H3,(H,18,19). The summed E-state index contributed by atoms with van der Waals surface area (Å²) in [5.74, 6) is -1.24. The number of carboxylic acids is 1. The molecule has 4 nitrogen and oxygen atoms in total. The van der Waals surface area contributed by atoms with Gasteiger partial charge in [-0.3, -0.25) is 4.79 Å². The Morgan fingerprint density at radius 1 is 1.40 bits per heavy atom. The molecular weight excluding hydrogens is 254 g/mol. The van der Waals surface area contributed by atoms with Crippen molar-refractivity contribution in [2.24, 2.45) is 0 Å². The maximum absolute atomic E-state index is 10.9. The van der Waals surface area contributed by atoms with E-state index in [4.69, 9.17) is 9.84 Å². The summed E-state index contributed by atoms with van der Waals surface area (Å²) in [5.41, 5.74) is 2.04. The lowest BCUT2D eigenvalue weighted by Gasteiger charge is -2.40. The van der Waals surface area contributed by atoms with Crippen LogP contribution >= 0.6 is 0 Å². The molecule has 0 aromatic heterocycles. The van der Waals surface area contributed by atoms with E-state index in [-0.39, 0.29) is 5.60 Å². The normalized spacial score (nSPS) is 18.3. The van der Waals surface area contributed by atoms with E-state index in [0.717, 1.165) is 37.1 Å². The molecule has 0 radical (unpaired) electrons. The Morgan fingerprint density at radius 2 is 2.05 bits per heavy atom. The molecule has 110 valence electrons. The molecular formula is C16H23NO3. The molecule has 0 bridgehead atoms. The van der Waals surface area contributed by atoms with Gasteiger partial charge in [0.15, 0.2) is 0 Å². The van der Waals surface area contributed by atoms with E-state index in [2.05, 4.69) is 5.32 Å². The van der Waals surface area contributed by atoms with Crippen LogP contribution in [0.15, 0.2) is 24.3 Å². The molecule has 0 saturated heterocycles. The van der Waals surface area contributed by atoms with Crippen LogP contribution in [-0.2, 0) is 16.1 Å². The third kappa shape index (κ3) is 3.38. The SMILES string of the molecule is COC1(CNCc2ccc(C(C)C(=O)O)cc2)CCC1. The van der Waals surface area contributed by atoms with Crippen molar-refractivity contribution in [3.63, 3.8) is 0 Å². The smallest absolute Gasteiger partial charge is 0.310 e. The first-order chi connectivity index (χ1) is 9.56. The second kappa shape index (κ2) is 6.37. The summed E-state index contributed by atoms with van der Waals surface area (Å²) in [6.45, 7) is 3.36. The monoisotopic (exact) mass is 277 g/mol. The number of aliphatic carboxylic acids is 1. The van der Waals surface area contributed by atoms with Crippen molar-refractivity contribution >= 4 is 5.97 Å². The average molecular weight is 277 g/mol. The minimum atomic E-state index is -0.789. The first kappa shape index (κ1) is 15.0. The van der Waals surface area contributed by atoms with Gasteiger partial charge >= 0.3 is 5.97 Å². The van der Waals surface area contributed by atoms with E-state index in [1.54, 1.807) is 14.0 Å². The second-order valence-electron chi connectivity index (χ2n) is 5.65. The van der Waals surface area contributed by atoms with Gasteiger partial charge in [-0.25, -0.2) is 0 Å². The molecule has 1 unspecified atom stereocenters. The molecule has 1 aliphatic carbocycles. The van der Waals surface area contributed by atoms with Crippen LogP contribution < -0.4 is 5.32 Å². The largest absolute Gasteiger partial charge is 0.481 e. The van der Waals surface area contributed by atoms with Crippen molar-refractivity contribution in [3.05, 3.63) is 35.4 Å². The maximum Gasteiger partial charge on any atom is 0.310 e. The molecule has 1 atom stereocenters. The average Bonchev–Trinajstić information content (AvgIpc) is 2.41. The molecule has 1 aliphatic rings. The number of rotatable bonds is 7. The molecule has 0 amide bonds. The lowest BCUT2D eigenvalue weighted by molar-refractivity contribution is -0.138. The highest BCUT2D eigenvalue weighted by atomic mass is 16.5. The molecule has 0 spiro atoms. The molecule has 0 aliphatic heterocycles. The zero-order valence-electron chi connectivity index (χ0n) is 12.2. The van der Waals surface area contributed by atoms with Crippen molar-refractivity contribution in [2.75, 3.05) is 13.7 Å². The third-order valence-corrected chi connectivity index (χ3v) is 4.32. The summed E-state index contributed by atoms with van der Waals surface area (Å²) in [5, 5.41) is 12.4. The van der Waals surface area contributed by atoms with Crippen LogP contribution in [0.2, 0.25) is 0 Å². The van der Waals surface area contributed by atoms with Gasteiger partial charge in [0.25, 0.3) is 0 Å². The van der Waals surface area contributed by atoms with Crippen LogP contribution in [0.5, 0.6) is 0 Å². The summed E-state index contributed by atoms with van der Waals surface area (Å²) in [7, 11) is 1.78. The molecule has 2 rings (SSSR count). The van der Waals surface area contributed by atoms with Gasteiger partial charge in [-0.2, -0.15) is 0 Å². The van der Waals surface area contributed by atoms with E-state index >= 15 is 0 Å². The summed E-state index contributed by atoms with van der Waals surface area (Å²) in [6, 6.07) is 7.76. The fourth-order valence-corrected chi connectivity index (χ4v) is 2.53. The number of benzene rings is 1. The maximum atomic E-state index is 10.9. The summed E-state index contributed by atoms with van der Waals surface area (Å²) < 4.78 is 5.56. The van der Waals surface area contributed by atoms with Gasteiger partial charge in [-0.1, -0.05) is 24.3 Å². The number of carbonyl (C=O) groups is 1. The van der Waals surface area contributed by atoms with Gasteiger partial charge in [-0.15, -0.1) is 0 Å². The van der Waals surface area contributed by atoms with Crippen LogP contribution in [0.4, 0.5) is 0 Å². The van der Waals surface area contributed by atoms with E-state index in [0.29, 0.717) is 0 Å². The van der Waals surface area contributed by atoms with E-state index in [1.807, 2.05) is 24.3 Å². The minimum absolute atomic E-state index is 0.0394. The van der Waals surface area contributed by atoms with E-state index < -0.39 is 11.9 Å². The van der Waals surface area contributed by atoms with Crippen molar-refractivity contribution in [3.8, 4) is 0 Å². The molecule has 4 heteroatoms. The Kier molecular flexibility index (Phi) is 4.78. The highest BCUT2D eigenvalue weighted by Gasteiger charge is 2.36. The molecule has 1 aromatic rings. The van der Waals surface area contributed by atoms with Gasteiger partial charge in [0.1, 0.15) is 0 Å². The highest BCUT2D eigenvalue weighted by Crippen LogP contribution is 2.34. The molecule has 0 heterocycles. The first-order valence-electron chi connectivity index (χ1n) is 7.14. The van der Waals surface area contributed by atoms with Gasteiger partial charge in [0, 0.05) is 20.2 Å². The molecule has 1 saturated carbocycles. The third-order valence-electron chi connectivity index (χ3n) is 4.32. The van der Waals surface area contributed by atoms with Crippen LogP contribution in [-0.4, -0.2) is 30.3 Å². The van der Waals surface area contributed by atoms with E-state index in [9.17, 15) is 4.79 Å². The number of carboxylic acid groups (broad SMARTS) is 1. The van der Waals surface area contributed by atoms with Crippen LogP contribution in [0.25, 0.3) is 0 Å². The Labute approximate surface area is 120 Å². The van der Waals surface area contributed by atoms with Crippen molar-refractivity contribution in [2.45, 2.75) is 44.2 Å². The van der Waals surface area contributed by atoms with E-state index in [1.165, 1.54) is 6.42 Å². The first-order valence-corrected chi connectivity index (χ1v) is 7.14. The van der Waals surface area contributed by atoms with Crippen molar-refractivity contribution in [1.82, 2.24) is 5.32 Å². The summed E-state index contributed by atoms with van der Waals surface area (Å²) in [4.78, 5) is 10.9. The lowest BCUT2D eigenvalue weighted by Crippen LogP contribution is -2.47. The Bertz CT molecular complexity index is 446. The molecule has 2 N–H and O–H groups in total. The number of methoxy groups -OCH3 is 1. The fraction of sp³-hybridized carbons (Fsp3) is 0.562. The predicted molar refractivity (Wildman–Crippen MR) is 77.8 cm³/mol. The van der Waals surface area contributed by atoms with Gasteiger partial charge in [0.2, 0.25) is 0 Å². The fourth-order valence-electron chi connectivity index (χ4n) is 2.53. The minimum Gasteiger partial charge on any atom is -0.481 e. The van der Waals surface area contributed by atoms with Crippen LogP contribution in [0.1, 0.15) is 43.2 Å². The van der Waals surface area contributed by atoms with Crippen molar-refractivity contribution in [1.29, 1.82) is 0 Å². The second-order valence-corrected chi connectivity index (χ2v) is 5.65. The summed E-state index contributed by atoms with van der Waals surface area (Å²) >= 11 is 0. The topological polar surface area (TPSA) is 58.6 Å². The lowest BCUT2D eigenvalue weighted by atomic mass is 9.80. The van der Waals surface area contributed by atoms with Gasteiger partial charge in [-0.05, 0) is 37.3 Å². The van der Waals surface area contributed by atoms with Gasteiger partial charge in [0.05, 0.1) is 11.5 Å². The molecule has 1 fully saturated rings. The molecule has 1 aromatic carbocycles. The number of ether oxygens (including phenoxy) is 1. The molecule has 20 heavy (non-hydrogen) atoms. The Hall–Kier alpha value is -1.39. The Morgan fingerprint density at radius 3 is 2.50 bits per heavy atom. The Balaban J connectivity index is 1.83. The zero-order valence-corrected chi connectivity index (χ0v) is 12.2. The van der Waals surface area contributed by atoms with Gasteiger partial charge < -0.3 is 15.2 Å². The predicted octanol–water partition coefficient (Wildman–Crippen LogP) is 2.53. The van der Waals surface area contributed by atoms with Crippen molar-refractivity contribution < 1.29 is 14.6 Å².